The van der Waals surface area contributed by atoms with Gasteiger partial charge in [-0.3, -0.25) is 0 Å². The third-order valence-electron chi connectivity index (χ3n) is 3.03. The molecule has 108 valence electrons. The number of hydrogen-bond acceptors (Lipinski definition) is 5. The van der Waals surface area contributed by atoms with E-state index in [0.717, 1.165) is 26.4 Å². The van der Waals surface area contributed by atoms with Gasteiger partial charge in [-0.2, -0.15) is 0 Å². The highest BCUT2D eigenvalue weighted by molar-refractivity contribution is 9.10. The predicted molar refractivity (Wildman–Crippen MR) is 83.4 cm³/mol. The Balaban J connectivity index is 2.17. The van der Waals surface area contributed by atoms with Crippen molar-refractivity contribution in [2.45, 2.75) is 32.3 Å². The Hall–Kier alpha value is -0.980. The molecule has 0 aliphatic carbocycles. The fourth-order valence-corrected chi connectivity index (χ4v) is 3.37. The Morgan fingerprint density at radius 1 is 1.40 bits per heavy atom. The topological polar surface area (TPSA) is 55.2 Å². The van der Waals surface area contributed by atoms with Gasteiger partial charge in [0.15, 0.2) is 0 Å². The summed E-state index contributed by atoms with van der Waals surface area (Å²) in [6, 6.07) is 5.81. The number of ether oxygens (including phenoxy) is 1. The maximum absolute atomic E-state index is 10.4. The van der Waals surface area contributed by atoms with E-state index in [2.05, 4.69) is 39.4 Å². The highest BCUT2D eigenvalue weighted by atomic mass is 79.9. The van der Waals surface area contributed by atoms with Gasteiger partial charge in [0, 0.05) is 6.42 Å². The molecule has 0 bridgehead atoms. The van der Waals surface area contributed by atoms with Crippen molar-refractivity contribution in [3.8, 4) is 5.75 Å². The van der Waals surface area contributed by atoms with Gasteiger partial charge >= 0.3 is 0 Å². The lowest BCUT2D eigenvalue weighted by atomic mass is 10.0. The summed E-state index contributed by atoms with van der Waals surface area (Å²) in [7, 11) is 1.63. The van der Waals surface area contributed by atoms with Crippen LogP contribution in [0.3, 0.4) is 0 Å². The number of hydrogen-bond donors (Lipinski definition) is 1. The Morgan fingerprint density at radius 2 is 2.15 bits per heavy atom. The van der Waals surface area contributed by atoms with Gasteiger partial charge in [-0.25, -0.2) is 0 Å². The molecular formula is C14H17BrN2O2S. The molecule has 2 rings (SSSR count). The Bertz CT molecular complexity index is 586. The second-order valence-electron chi connectivity index (χ2n) is 4.87. The van der Waals surface area contributed by atoms with E-state index in [1.807, 2.05) is 18.2 Å². The van der Waals surface area contributed by atoms with E-state index < -0.39 is 6.10 Å². The molecule has 2 aromatic rings. The van der Waals surface area contributed by atoms with Crippen molar-refractivity contribution in [2.24, 2.45) is 0 Å². The second-order valence-corrected chi connectivity index (χ2v) is 6.51. The zero-order valence-electron chi connectivity index (χ0n) is 11.6. The van der Waals surface area contributed by atoms with E-state index in [1.165, 1.54) is 11.5 Å². The normalized spacial score (nSPS) is 12.7. The Labute approximate surface area is 131 Å². The molecule has 0 amide bonds. The molecule has 1 heterocycles. The number of aromatic nitrogens is 2. The molecule has 6 heteroatoms. The van der Waals surface area contributed by atoms with Gasteiger partial charge in [0.05, 0.1) is 28.3 Å². The lowest BCUT2D eigenvalue weighted by molar-refractivity contribution is 0.180. The van der Waals surface area contributed by atoms with E-state index in [4.69, 9.17) is 4.74 Å². The van der Waals surface area contributed by atoms with Crippen molar-refractivity contribution in [3.05, 3.63) is 38.8 Å². The standard InChI is InChI=1S/C14H17BrN2O2S/c1-8(2)13-14(20-17-16-13)11(18)7-9-4-5-12(19-3)10(15)6-9/h4-6,8,11,18H,7H2,1-3H3. The van der Waals surface area contributed by atoms with Gasteiger partial charge in [0.1, 0.15) is 5.75 Å². The molecule has 20 heavy (non-hydrogen) atoms. The molecule has 1 aromatic heterocycles. The highest BCUT2D eigenvalue weighted by Gasteiger charge is 2.19. The number of aliphatic hydroxyl groups is 1. The number of benzene rings is 1. The fraction of sp³-hybridized carbons (Fsp3) is 0.429. The fourth-order valence-electron chi connectivity index (χ4n) is 1.99. The molecule has 0 aliphatic heterocycles. The van der Waals surface area contributed by atoms with Crippen molar-refractivity contribution < 1.29 is 9.84 Å². The molecule has 4 nitrogen and oxygen atoms in total. The average Bonchev–Trinajstić information content (AvgIpc) is 2.88. The molecule has 1 atom stereocenters. The van der Waals surface area contributed by atoms with Crippen LogP contribution in [0.5, 0.6) is 5.75 Å². The SMILES string of the molecule is COc1ccc(CC(O)c2snnc2C(C)C)cc1Br. The lowest BCUT2D eigenvalue weighted by Gasteiger charge is -2.12. The monoisotopic (exact) mass is 356 g/mol. The van der Waals surface area contributed by atoms with E-state index in [9.17, 15) is 5.11 Å². The quantitative estimate of drug-likeness (QED) is 0.886. The largest absolute Gasteiger partial charge is 0.496 e. The summed E-state index contributed by atoms with van der Waals surface area (Å²) in [6.07, 6.45) is -0.0423. The molecule has 1 unspecified atom stereocenters. The van der Waals surface area contributed by atoms with Crippen LogP contribution in [-0.2, 0) is 6.42 Å². The van der Waals surface area contributed by atoms with Crippen molar-refractivity contribution in [2.75, 3.05) is 7.11 Å². The summed E-state index contributed by atoms with van der Waals surface area (Å²) in [5, 5.41) is 14.5. The van der Waals surface area contributed by atoms with Gasteiger partial charge in [0.2, 0.25) is 0 Å². The van der Waals surface area contributed by atoms with Crippen LogP contribution in [-0.4, -0.2) is 21.8 Å². The average molecular weight is 357 g/mol. The number of rotatable bonds is 5. The first-order valence-corrected chi connectivity index (χ1v) is 7.92. The highest BCUT2D eigenvalue weighted by Crippen LogP contribution is 2.31. The van der Waals surface area contributed by atoms with Gasteiger partial charge in [-0.1, -0.05) is 24.4 Å². The number of methoxy groups -OCH3 is 1. The van der Waals surface area contributed by atoms with E-state index in [0.29, 0.717) is 6.42 Å². The van der Waals surface area contributed by atoms with Crippen LogP contribution in [0.4, 0.5) is 0 Å². The van der Waals surface area contributed by atoms with Gasteiger partial charge in [-0.05, 0) is 51.1 Å². The zero-order chi connectivity index (χ0) is 14.7. The third kappa shape index (κ3) is 3.37. The summed E-state index contributed by atoms with van der Waals surface area (Å²) < 4.78 is 10.0. The summed E-state index contributed by atoms with van der Waals surface area (Å²) in [5.74, 6) is 1.05. The van der Waals surface area contributed by atoms with Crippen molar-refractivity contribution in [1.82, 2.24) is 9.59 Å². The molecule has 0 spiro atoms. The first-order valence-electron chi connectivity index (χ1n) is 6.35. The van der Waals surface area contributed by atoms with E-state index >= 15 is 0 Å². The first kappa shape index (κ1) is 15.4. The molecular weight excluding hydrogens is 340 g/mol. The smallest absolute Gasteiger partial charge is 0.133 e. The minimum Gasteiger partial charge on any atom is -0.496 e. The number of nitrogens with zero attached hydrogens (tertiary/aromatic N) is 2. The summed E-state index contributed by atoms with van der Waals surface area (Å²) >= 11 is 4.72. The van der Waals surface area contributed by atoms with Crippen LogP contribution >= 0.6 is 27.5 Å². The third-order valence-corrected chi connectivity index (χ3v) is 4.50. The maximum Gasteiger partial charge on any atom is 0.133 e. The Morgan fingerprint density at radius 3 is 2.75 bits per heavy atom. The van der Waals surface area contributed by atoms with Crippen LogP contribution in [0, 0.1) is 0 Å². The van der Waals surface area contributed by atoms with Crippen LogP contribution in [0.25, 0.3) is 0 Å². The van der Waals surface area contributed by atoms with Crippen molar-refractivity contribution in [3.63, 3.8) is 0 Å². The molecule has 0 saturated heterocycles. The van der Waals surface area contributed by atoms with Crippen molar-refractivity contribution in [1.29, 1.82) is 0 Å². The first-order chi connectivity index (χ1) is 9.52. The second kappa shape index (κ2) is 6.65. The maximum atomic E-state index is 10.4. The van der Waals surface area contributed by atoms with Crippen molar-refractivity contribution >= 4 is 27.5 Å². The molecule has 0 radical (unpaired) electrons. The number of aliphatic hydroxyl groups excluding tert-OH is 1. The minimum atomic E-state index is -0.576. The molecule has 0 saturated carbocycles. The van der Waals surface area contributed by atoms with E-state index in [1.54, 1.807) is 7.11 Å². The van der Waals surface area contributed by atoms with Gasteiger partial charge in [-0.15, -0.1) is 5.10 Å². The summed E-state index contributed by atoms with van der Waals surface area (Å²) in [5.41, 5.74) is 1.92. The molecule has 1 aromatic carbocycles. The molecule has 1 N–H and O–H groups in total. The molecule has 0 fully saturated rings. The lowest BCUT2D eigenvalue weighted by Crippen LogP contribution is -2.04. The van der Waals surface area contributed by atoms with Crippen LogP contribution in [0.1, 0.15) is 42.0 Å². The van der Waals surface area contributed by atoms with Gasteiger partial charge in [0.25, 0.3) is 0 Å². The van der Waals surface area contributed by atoms with Crippen LogP contribution < -0.4 is 4.74 Å². The number of halogens is 1. The Kier molecular flexibility index (Phi) is 5.12. The van der Waals surface area contributed by atoms with E-state index in [-0.39, 0.29) is 5.92 Å². The molecule has 0 aliphatic rings. The van der Waals surface area contributed by atoms with Crippen LogP contribution in [0.15, 0.2) is 22.7 Å². The summed E-state index contributed by atoms with van der Waals surface area (Å²) in [6.45, 7) is 4.11. The predicted octanol–water partition coefficient (Wildman–Crippen LogP) is 3.71. The van der Waals surface area contributed by atoms with Gasteiger partial charge < -0.3 is 9.84 Å². The van der Waals surface area contributed by atoms with Crippen LogP contribution in [0.2, 0.25) is 0 Å². The summed E-state index contributed by atoms with van der Waals surface area (Å²) in [4.78, 5) is 0.854. The minimum absolute atomic E-state index is 0.265. The zero-order valence-corrected chi connectivity index (χ0v) is 14.0.